The zero-order valence-electron chi connectivity index (χ0n) is 20.0. The molecule has 1 amide bonds. The van der Waals surface area contributed by atoms with Crippen molar-refractivity contribution in [2.75, 3.05) is 7.11 Å². The Balaban J connectivity index is 0.000000860. The molecule has 1 aliphatic carbocycles. The van der Waals surface area contributed by atoms with Crippen LogP contribution in [0.25, 0.3) is 22.0 Å². The number of amides is 1. The molecule has 5 nitrogen and oxygen atoms in total. The summed E-state index contributed by atoms with van der Waals surface area (Å²) >= 11 is 6.31. The smallest absolute Gasteiger partial charge is 0.266 e. The fraction of sp³-hybridized carbons (Fsp3) is 0.462. The molecule has 0 atom stereocenters. The maximum absolute atomic E-state index is 12.6. The number of nitrogens with two attached hydrogens (primary N) is 1. The predicted molar refractivity (Wildman–Crippen MR) is 135 cm³/mol. The van der Waals surface area contributed by atoms with Gasteiger partial charge in [0.05, 0.1) is 7.11 Å². The number of halogens is 1. The maximum Gasteiger partial charge on any atom is 0.266 e. The second-order valence-corrected chi connectivity index (χ2v) is 7.86. The highest BCUT2D eigenvalue weighted by Gasteiger charge is 2.26. The number of fused-ring (bicyclic) bond motifs is 1. The monoisotopic (exact) mass is 457 g/mol. The van der Waals surface area contributed by atoms with E-state index in [1.165, 1.54) is 32.1 Å². The molecule has 6 heteroatoms. The molecule has 0 spiro atoms. The average molecular weight is 458 g/mol. The minimum absolute atomic E-state index is 0.455. The van der Waals surface area contributed by atoms with Crippen LogP contribution in [0, 0.1) is 5.92 Å². The van der Waals surface area contributed by atoms with Crippen LogP contribution < -0.4 is 10.5 Å². The highest BCUT2D eigenvalue weighted by Crippen LogP contribution is 2.40. The van der Waals surface area contributed by atoms with Crippen molar-refractivity contribution in [3.63, 3.8) is 0 Å². The normalized spacial score (nSPS) is 13.6. The standard InChI is InChI=1S/C22H24ClN3O2.2C2H6/c1-28-22-16(8-5-11-25-22)19-17-12-15(23)9-10-18(17)26(20(19)21(24)27)13-14-6-3-2-4-7-14;2*1-2/h5,8-12,14H,2-4,6-7,13H2,1H3,(H2,24,27);2*1-2H3. The molecule has 0 saturated heterocycles. The summed E-state index contributed by atoms with van der Waals surface area (Å²) in [6.07, 6.45) is 7.80. The molecule has 1 aliphatic rings. The van der Waals surface area contributed by atoms with E-state index in [4.69, 9.17) is 22.1 Å². The number of rotatable bonds is 5. The zero-order valence-corrected chi connectivity index (χ0v) is 20.7. The van der Waals surface area contributed by atoms with Gasteiger partial charge in [-0.25, -0.2) is 4.98 Å². The molecule has 174 valence electrons. The average Bonchev–Trinajstić information content (AvgIpc) is 3.15. The number of benzene rings is 1. The van der Waals surface area contributed by atoms with Gasteiger partial charge >= 0.3 is 0 Å². The van der Waals surface area contributed by atoms with Crippen LogP contribution in [0.2, 0.25) is 5.02 Å². The molecule has 1 saturated carbocycles. The lowest BCUT2D eigenvalue weighted by Gasteiger charge is -2.23. The number of methoxy groups -OCH3 is 1. The Labute approximate surface area is 196 Å². The molecule has 0 bridgehead atoms. The second-order valence-electron chi connectivity index (χ2n) is 7.42. The van der Waals surface area contributed by atoms with Crippen LogP contribution in [-0.2, 0) is 6.54 Å². The highest BCUT2D eigenvalue weighted by molar-refractivity contribution is 6.31. The Morgan fingerprint density at radius 1 is 1.16 bits per heavy atom. The summed E-state index contributed by atoms with van der Waals surface area (Å²) in [5, 5.41) is 1.51. The van der Waals surface area contributed by atoms with Crippen LogP contribution >= 0.6 is 11.6 Å². The van der Waals surface area contributed by atoms with Crippen molar-refractivity contribution in [1.29, 1.82) is 0 Å². The molecule has 2 heterocycles. The van der Waals surface area contributed by atoms with E-state index in [9.17, 15) is 4.79 Å². The van der Waals surface area contributed by atoms with Gasteiger partial charge in [0.15, 0.2) is 0 Å². The number of pyridine rings is 1. The number of nitrogens with zero attached hydrogens (tertiary/aromatic N) is 2. The summed E-state index contributed by atoms with van der Waals surface area (Å²) in [7, 11) is 1.57. The lowest BCUT2D eigenvalue weighted by atomic mass is 9.89. The summed E-state index contributed by atoms with van der Waals surface area (Å²) < 4.78 is 7.54. The van der Waals surface area contributed by atoms with Crippen LogP contribution in [0.1, 0.15) is 70.3 Å². The van der Waals surface area contributed by atoms with Gasteiger partial charge in [-0.1, -0.05) is 58.6 Å². The number of hydrogen-bond donors (Lipinski definition) is 1. The van der Waals surface area contributed by atoms with E-state index in [0.29, 0.717) is 22.5 Å². The number of ether oxygens (including phenoxy) is 1. The van der Waals surface area contributed by atoms with Crippen LogP contribution in [0.5, 0.6) is 5.88 Å². The molecule has 1 aromatic carbocycles. The molecular formula is C26H36ClN3O2. The van der Waals surface area contributed by atoms with Crippen molar-refractivity contribution >= 4 is 28.4 Å². The number of aromatic nitrogens is 2. The third-order valence-electron chi connectivity index (χ3n) is 5.66. The highest BCUT2D eigenvalue weighted by atomic mass is 35.5. The molecule has 2 N–H and O–H groups in total. The third-order valence-corrected chi connectivity index (χ3v) is 5.89. The van der Waals surface area contributed by atoms with E-state index < -0.39 is 5.91 Å². The van der Waals surface area contributed by atoms with E-state index in [2.05, 4.69) is 9.55 Å². The van der Waals surface area contributed by atoms with Gasteiger partial charge in [0, 0.05) is 39.8 Å². The minimum Gasteiger partial charge on any atom is -0.481 e. The van der Waals surface area contributed by atoms with Gasteiger partial charge in [0.25, 0.3) is 5.91 Å². The van der Waals surface area contributed by atoms with Crippen LogP contribution in [0.4, 0.5) is 0 Å². The summed E-state index contributed by atoms with van der Waals surface area (Å²) in [4.78, 5) is 16.9. The Hall–Kier alpha value is -2.53. The van der Waals surface area contributed by atoms with Crippen LogP contribution in [0.3, 0.4) is 0 Å². The molecule has 1 fully saturated rings. The topological polar surface area (TPSA) is 70.1 Å². The molecule has 0 unspecified atom stereocenters. The Kier molecular flexibility index (Phi) is 10.0. The van der Waals surface area contributed by atoms with E-state index in [0.717, 1.165) is 28.6 Å². The number of carbonyl (C=O) groups excluding carboxylic acids is 1. The Morgan fingerprint density at radius 2 is 1.84 bits per heavy atom. The molecule has 3 aromatic rings. The molecular weight excluding hydrogens is 422 g/mol. The predicted octanol–water partition coefficient (Wildman–Crippen LogP) is 7.10. The van der Waals surface area contributed by atoms with Crippen LogP contribution in [0.15, 0.2) is 36.5 Å². The molecule has 0 aliphatic heterocycles. The van der Waals surface area contributed by atoms with E-state index in [1.807, 2.05) is 58.0 Å². The van der Waals surface area contributed by atoms with Gasteiger partial charge < -0.3 is 15.0 Å². The van der Waals surface area contributed by atoms with Gasteiger partial charge in [0.1, 0.15) is 5.69 Å². The van der Waals surface area contributed by atoms with Gasteiger partial charge in [-0.3, -0.25) is 4.79 Å². The fourth-order valence-electron chi connectivity index (χ4n) is 4.42. The first-order valence-electron chi connectivity index (χ1n) is 11.7. The van der Waals surface area contributed by atoms with Gasteiger partial charge in [-0.2, -0.15) is 0 Å². The lowest BCUT2D eigenvalue weighted by Crippen LogP contribution is -2.22. The first-order chi connectivity index (χ1) is 15.6. The molecule has 2 aromatic heterocycles. The quantitative estimate of drug-likeness (QED) is 0.444. The Morgan fingerprint density at radius 3 is 2.47 bits per heavy atom. The first-order valence-corrected chi connectivity index (χ1v) is 12.1. The third kappa shape index (κ3) is 5.44. The number of carbonyl (C=O) groups is 1. The molecule has 4 rings (SSSR count). The van der Waals surface area contributed by atoms with Crippen molar-refractivity contribution in [2.24, 2.45) is 11.7 Å². The number of hydrogen-bond acceptors (Lipinski definition) is 3. The maximum atomic E-state index is 12.6. The van der Waals surface area contributed by atoms with Crippen molar-refractivity contribution in [3.05, 3.63) is 47.2 Å². The number of primary amides is 1. The zero-order chi connectivity index (χ0) is 23.7. The van der Waals surface area contributed by atoms with Crippen molar-refractivity contribution in [1.82, 2.24) is 9.55 Å². The molecule has 32 heavy (non-hydrogen) atoms. The fourth-order valence-corrected chi connectivity index (χ4v) is 4.59. The van der Waals surface area contributed by atoms with Gasteiger partial charge in [-0.15, -0.1) is 0 Å². The van der Waals surface area contributed by atoms with Gasteiger partial charge in [0.2, 0.25) is 5.88 Å². The van der Waals surface area contributed by atoms with Crippen molar-refractivity contribution in [3.8, 4) is 17.0 Å². The minimum atomic E-state index is -0.455. The first kappa shape index (κ1) is 25.7. The second kappa shape index (κ2) is 12.5. The summed E-state index contributed by atoms with van der Waals surface area (Å²) in [6, 6.07) is 9.45. The van der Waals surface area contributed by atoms with E-state index in [-0.39, 0.29) is 0 Å². The van der Waals surface area contributed by atoms with E-state index >= 15 is 0 Å². The molecule has 0 radical (unpaired) electrons. The van der Waals surface area contributed by atoms with Crippen molar-refractivity contribution in [2.45, 2.75) is 66.3 Å². The summed E-state index contributed by atoms with van der Waals surface area (Å²) in [5.41, 5.74) is 8.84. The SMILES string of the molecule is CC.CC.COc1ncccc1-c1c(C(N)=O)n(CC2CCCCC2)c2ccc(Cl)cc12. The lowest BCUT2D eigenvalue weighted by molar-refractivity contribution is 0.0991. The largest absolute Gasteiger partial charge is 0.481 e. The summed E-state index contributed by atoms with van der Waals surface area (Å²) in [6.45, 7) is 8.78. The Bertz CT molecular complexity index is 1020. The van der Waals surface area contributed by atoms with E-state index in [1.54, 1.807) is 13.3 Å². The van der Waals surface area contributed by atoms with Crippen LogP contribution in [-0.4, -0.2) is 22.6 Å². The van der Waals surface area contributed by atoms with Gasteiger partial charge in [-0.05, 0) is 49.1 Å². The van der Waals surface area contributed by atoms with Crippen molar-refractivity contribution < 1.29 is 9.53 Å². The summed E-state index contributed by atoms with van der Waals surface area (Å²) in [5.74, 6) is 0.549.